The summed E-state index contributed by atoms with van der Waals surface area (Å²) in [6, 6.07) is 0. The highest BCUT2D eigenvalue weighted by Gasteiger charge is 2.64. The zero-order valence-corrected chi connectivity index (χ0v) is 24.0. The van der Waals surface area contributed by atoms with Gasteiger partial charge in [-0.15, -0.1) is 0 Å². The fourth-order valence-electron chi connectivity index (χ4n) is 10.5. The number of aliphatic hydroxyl groups is 2. The predicted molar refractivity (Wildman–Crippen MR) is 142 cm³/mol. The molecule has 8 heteroatoms. The molecule has 5 fully saturated rings. The Hall–Kier alpha value is -0.700. The molecule has 0 unspecified atom stereocenters. The van der Waals surface area contributed by atoms with E-state index in [0.29, 0.717) is 41.9 Å². The average molecular weight is 540 g/mol. The van der Waals surface area contributed by atoms with Gasteiger partial charge in [-0.05, 0) is 104 Å². The van der Waals surface area contributed by atoms with Gasteiger partial charge in [-0.3, -0.25) is 9.35 Å². The van der Waals surface area contributed by atoms with Gasteiger partial charge in [0, 0.05) is 19.5 Å². The fourth-order valence-corrected chi connectivity index (χ4v) is 11.2. The van der Waals surface area contributed by atoms with Crippen LogP contribution in [0, 0.1) is 52.3 Å². The van der Waals surface area contributed by atoms with Gasteiger partial charge < -0.3 is 15.1 Å². The lowest BCUT2D eigenvalue weighted by Gasteiger charge is -2.64. The number of carbonyl (C=O) groups is 1. The van der Waals surface area contributed by atoms with Crippen molar-refractivity contribution >= 4 is 16.0 Å². The Morgan fingerprint density at radius 2 is 1.65 bits per heavy atom. The van der Waals surface area contributed by atoms with E-state index in [-0.39, 0.29) is 48.0 Å². The molecule has 0 aromatic carbocycles. The molecule has 4 saturated carbocycles. The van der Waals surface area contributed by atoms with Gasteiger partial charge in [0.05, 0.1) is 12.2 Å². The first kappa shape index (κ1) is 27.9. The maximum Gasteiger partial charge on any atom is 0.271 e. The quantitative estimate of drug-likeness (QED) is 0.437. The molecule has 0 radical (unpaired) electrons. The summed E-state index contributed by atoms with van der Waals surface area (Å²) in [5.74, 6) is 2.95. The first-order valence-corrected chi connectivity index (χ1v) is 16.4. The number of hydrogen-bond acceptors (Lipinski definition) is 5. The zero-order valence-electron chi connectivity index (χ0n) is 23.2. The number of carbonyl (C=O) groups excluding carboxylic acids is 1. The van der Waals surface area contributed by atoms with E-state index < -0.39 is 15.4 Å². The van der Waals surface area contributed by atoms with Gasteiger partial charge in [-0.1, -0.05) is 34.1 Å². The van der Waals surface area contributed by atoms with Gasteiger partial charge >= 0.3 is 0 Å². The van der Waals surface area contributed by atoms with Crippen molar-refractivity contribution in [3.05, 3.63) is 0 Å². The molecular weight excluding hydrogens is 490 g/mol. The van der Waals surface area contributed by atoms with Crippen molar-refractivity contribution in [3.63, 3.8) is 0 Å². The van der Waals surface area contributed by atoms with Crippen LogP contribution in [-0.4, -0.2) is 64.5 Å². The number of nitrogens with zero attached hydrogens (tertiary/aromatic N) is 1. The summed E-state index contributed by atoms with van der Waals surface area (Å²) in [6.07, 6.45) is 9.11. The number of aliphatic hydroxyl groups excluding tert-OH is 2. The van der Waals surface area contributed by atoms with Crippen LogP contribution in [0.15, 0.2) is 0 Å². The van der Waals surface area contributed by atoms with Crippen molar-refractivity contribution in [2.24, 2.45) is 52.3 Å². The Labute approximate surface area is 223 Å². The number of rotatable bonds is 6. The van der Waals surface area contributed by atoms with Gasteiger partial charge in [0.1, 0.15) is 5.25 Å². The van der Waals surface area contributed by atoms with E-state index >= 15 is 0 Å². The lowest BCUT2D eigenvalue weighted by Crippen LogP contribution is -2.62. The van der Waals surface area contributed by atoms with E-state index in [1.165, 1.54) is 6.42 Å². The van der Waals surface area contributed by atoms with Crippen LogP contribution >= 0.6 is 0 Å². The van der Waals surface area contributed by atoms with Crippen molar-refractivity contribution in [1.29, 1.82) is 0 Å². The average Bonchev–Trinajstić information content (AvgIpc) is 3.14. The third kappa shape index (κ3) is 4.50. The van der Waals surface area contributed by atoms with Crippen molar-refractivity contribution in [2.45, 2.75) is 109 Å². The first-order valence-electron chi connectivity index (χ1n) is 14.9. The number of amides is 1. The van der Waals surface area contributed by atoms with Crippen molar-refractivity contribution in [2.75, 3.05) is 13.1 Å². The second kappa shape index (κ2) is 9.74. The third-order valence-corrected chi connectivity index (χ3v) is 13.7. The van der Waals surface area contributed by atoms with Gasteiger partial charge in [0.15, 0.2) is 0 Å². The number of fused-ring (bicyclic) bond motifs is 5. The molecule has 0 aromatic heterocycles. The van der Waals surface area contributed by atoms with Crippen LogP contribution in [0.1, 0.15) is 91.9 Å². The van der Waals surface area contributed by atoms with Crippen LogP contribution in [0.5, 0.6) is 0 Å². The highest BCUT2D eigenvalue weighted by Crippen LogP contribution is 2.69. The van der Waals surface area contributed by atoms with Crippen LogP contribution in [0.25, 0.3) is 0 Å². The fraction of sp³-hybridized carbons (Fsp3) is 0.966. The second-order valence-corrected chi connectivity index (χ2v) is 15.8. The normalized spacial score (nSPS) is 46.9. The minimum atomic E-state index is -4.06. The minimum absolute atomic E-state index is 0.0119. The molecule has 1 amide bonds. The summed E-state index contributed by atoms with van der Waals surface area (Å²) in [5.41, 5.74) is 0.380. The highest BCUT2D eigenvalue weighted by atomic mass is 32.2. The summed E-state index contributed by atoms with van der Waals surface area (Å²) in [4.78, 5) is 14.2. The lowest BCUT2D eigenvalue weighted by atomic mass is 9.41. The molecule has 4 aliphatic carbocycles. The summed E-state index contributed by atoms with van der Waals surface area (Å²) in [6.45, 7) is 9.63. The van der Waals surface area contributed by atoms with E-state index in [4.69, 9.17) is 4.55 Å². The summed E-state index contributed by atoms with van der Waals surface area (Å²) < 4.78 is 31.7. The van der Waals surface area contributed by atoms with E-state index in [1.54, 1.807) is 4.90 Å². The van der Waals surface area contributed by atoms with Crippen LogP contribution in [0.3, 0.4) is 0 Å². The molecule has 212 valence electrons. The van der Waals surface area contributed by atoms with Crippen LogP contribution in [-0.2, 0) is 14.9 Å². The van der Waals surface area contributed by atoms with Gasteiger partial charge in [-0.2, -0.15) is 8.42 Å². The first-order chi connectivity index (χ1) is 17.3. The second-order valence-electron chi connectivity index (χ2n) is 14.1. The zero-order chi connectivity index (χ0) is 26.9. The molecule has 1 saturated heterocycles. The Bertz CT molecular complexity index is 981. The van der Waals surface area contributed by atoms with Gasteiger partial charge in [0.25, 0.3) is 10.1 Å². The molecule has 0 aromatic rings. The van der Waals surface area contributed by atoms with E-state index in [2.05, 4.69) is 27.7 Å². The van der Waals surface area contributed by atoms with Crippen molar-refractivity contribution < 1.29 is 28.0 Å². The SMILES string of the molecule is CC[C@H]1[C@@H](O)[C@@H]2[C@H](CC[C@]3(C)[C@@H]([C@H](C)CCC(=O)N4CC(S(=O)(=O)O)C4)CC[C@@H]23)[C@@]2(C)CC[C@@H](O)C[C@@H]12. The molecule has 0 bridgehead atoms. The van der Waals surface area contributed by atoms with E-state index in [9.17, 15) is 23.4 Å². The molecule has 1 heterocycles. The molecule has 1 aliphatic heterocycles. The largest absolute Gasteiger partial charge is 0.393 e. The standard InChI is InChI=1S/C29H49NO6S/c1-5-20-24-14-18(31)10-12-29(24,4)23-11-13-28(3)21(7-8-22(28)26(23)27(20)33)17(2)6-9-25(32)30-15-19(16-30)37(34,35)36/h17-24,26-27,31,33H,5-16H2,1-4H3,(H,34,35,36)/t17-,18-,20-,21-,22+,23+,24+,26+,27-,28-,29-/m1/s1. The van der Waals surface area contributed by atoms with Crippen molar-refractivity contribution in [3.8, 4) is 0 Å². The Morgan fingerprint density at radius 3 is 2.30 bits per heavy atom. The summed E-state index contributed by atoms with van der Waals surface area (Å²) in [5, 5.41) is 21.5. The van der Waals surface area contributed by atoms with Crippen molar-refractivity contribution in [1.82, 2.24) is 4.90 Å². The number of hydrogen-bond donors (Lipinski definition) is 3. The molecule has 11 atom stereocenters. The predicted octanol–water partition coefficient (Wildman–Crippen LogP) is 4.13. The van der Waals surface area contributed by atoms with E-state index in [1.807, 2.05) is 0 Å². The molecule has 7 nitrogen and oxygen atoms in total. The third-order valence-electron chi connectivity index (χ3n) is 12.6. The maximum absolute atomic E-state index is 12.7. The highest BCUT2D eigenvalue weighted by molar-refractivity contribution is 7.86. The molecule has 0 spiro atoms. The number of likely N-dealkylation sites (tertiary alicyclic amines) is 1. The van der Waals surface area contributed by atoms with Crippen LogP contribution in [0.4, 0.5) is 0 Å². The van der Waals surface area contributed by atoms with Crippen LogP contribution < -0.4 is 0 Å². The maximum atomic E-state index is 12.7. The lowest BCUT2D eigenvalue weighted by molar-refractivity contribution is -0.203. The Morgan fingerprint density at radius 1 is 1.00 bits per heavy atom. The topological polar surface area (TPSA) is 115 Å². The molecule has 5 aliphatic rings. The molecule has 3 N–H and O–H groups in total. The van der Waals surface area contributed by atoms with Gasteiger partial charge in [-0.25, -0.2) is 0 Å². The van der Waals surface area contributed by atoms with Gasteiger partial charge in [0.2, 0.25) is 5.91 Å². The Balaban J connectivity index is 1.26. The minimum Gasteiger partial charge on any atom is -0.393 e. The molecule has 5 rings (SSSR count). The molecular formula is C29H49NO6S. The Kier molecular flexibility index (Phi) is 7.33. The smallest absolute Gasteiger partial charge is 0.271 e. The summed E-state index contributed by atoms with van der Waals surface area (Å²) >= 11 is 0. The monoisotopic (exact) mass is 539 g/mol. The van der Waals surface area contributed by atoms with E-state index in [0.717, 1.165) is 51.4 Å². The molecule has 37 heavy (non-hydrogen) atoms. The summed E-state index contributed by atoms with van der Waals surface area (Å²) in [7, 11) is -4.06. The van der Waals surface area contributed by atoms with Crippen LogP contribution in [0.2, 0.25) is 0 Å².